The molecule has 22 heavy (non-hydrogen) atoms. The van der Waals surface area contributed by atoms with Gasteiger partial charge >= 0.3 is 0 Å². The standard InChI is InChI=1S/C17H18N2O3/c1-12(20)18-15-5-2-4-13(10-15)17(21)19-8-7-14(11-19)16-6-3-9-22-16/h2-6,9-10,14H,7-8,11H2,1H3,(H,18,20). The van der Waals surface area contributed by atoms with Crippen molar-refractivity contribution in [2.45, 2.75) is 19.3 Å². The second kappa shape index (κ2) is 6.05. The number of nitrogens with one attached hydrogen (secondary N) is 1. The molecule has 2 heterocycles. The van der Waals surface area contributed by atoms with Crippen LogP contribution in [0.5, 0.6) is 0 Å². The summed E-state index contributed by atoms with van der Waals surface area (Å²) in [5.74, 6) is 1.03. The molecule has 1 unspecified atom stereocenters. The third-order valence-electron chi connectivity index (χ3n) is 3.85. The van der Waals surface area contributed by atoms with Crippen molar-refractivity contribution in [1.29, 1.82) is 0 Å². The maximum atomic E-state index is 12.6. The van der Waals surface area contributed by atoms with Crippen LogP contribution in [0.4, 0.5) is 5.69 Å². The molecule has 0 spiro atoms. The largest absolute Gasteiger partial charge is 0.469 e. The lowest BCUT2D eigenvalue weighted by molar-refractivity contribution is -0.114. The molecule has 2 aromatic rings. The molecule has 3 rings (SSSR count). The summed E-state index contributed by atoms with van der Waals surface area (Å²) < 4.78 is 5.43. The van der Waals surface area contributed by atoms with E-state index < -0.39 is 0 Å². The van der Waals surface area contributed by atoms with Crippen LogP contribution < -0.4 is 5.32 Å². The maximum Gasteiger partial charge on any atom is 0.253 e. The van der Waals surface area contributed by atoms with Gasteiger partial charge in [0.25, 0.3) is 5.91 Å². The normalized spacial score (nSPS) is 17.5. The lowest BCUT2D eigenvalue weighted by Gasteiger charge is -2.16. The summed E-state index contributed by atoms with van der Waals surface area (Å²) in [5.41, 5.74) is 1.23. The van der Waals surface area contributed by atoms with E-state index in [0.29, 0.717) is 24.3 Å². The number of rotatable bonds is 3. The third kappa shape index (κ3) is 3.03. The van der Waals surface area contributed by atoms with Crippen LogP contribution in [-0.2, 0) is 4.79 Å². The van der Waals surface area contributed by atoms with Crippen LogP contribution in [-0.4, -0.2) is 29.8 Å². The minimum absolute atomic E-state index is 0.0127. The highest BCUT2D eigenvalue weighted by molar-refractivity contribution is 5.97. The van der Waals surface area contributed by atoms with Gasteiger partial charge in [0.2, 0.25) is 5.91 Å². The molecule has 1 saturated heterocycles. The first kappa shape index (κ1) is 14.4. The summed E-state index contributed by atoms with van der Waals surface area (Å²) in [6.45, 7) is 2.83. The zero-order valence-corrected chi connectivity index (χ0v) is 12.4. The first-order valence-electron chi connectivity index (χ1n) is 7.34. The Hall–Kier alpha value is -2.56. The molecule has 1 N–H and O–H groups in total. The van der Waals surface area contributed by atoms with Gasteiger partial charge in [0.1, 0.15) is 5.76 Å². The van der Waals surface area contributed by atoms with Gasteiger partial charge in [-0.15, -0.1) is 0 Å². The number of likely N-dealkylation sites (tertiary alicyclic amines) is 1. The first-order chi connectivity index (χ1) is 10.6. The Balaban J connectivity index is 1.71. The molecule has 0 bridgehead atoms. The molecule has 5 nitrogen and oxygen atoms in total. The monoisotopic (exact) mass is 298 g/mol. The van der Waals surface area contributed by atoms with Gasteiger partial charge in [-0.3, -0.25) is 9.59 Å². The lowest BCUT2D eigenvalue weighted by Crippen LogP contribution is -2.28. The van der Waals surface area contributed by atoms with Gasteiger partial charge in [-0.2, -0.15) is 0 Å². The predicted octanol–water partition coefficient (Wildman–Crippen LogP) is 2.87. The van der Waals surface area contributed by atoms with Gasteiger partial charge in [-0.05, 0) is 36.8 Å². The fourth-order valence-electron chi connectivity index (χ4n) is 2.82. The van der Waals surface area contributed by atoms with E-state index in [1.54, 1.807) is 30.5 Å². The Morgan fingerprint density at radius 2 is 2.14 bits per heavy atom. The number of nitrogens with zero attached hydrogens (tertiary/aromatic N) is 1. The van der Waals surface area contributed by atoms with E-state index in [1.807, 2.05) is 17.0 Å². The van der Waals surface area contributed by atoms with Crippen LogP contribution >= 0.6 is 0 Å². The number of carbonyl (C=O) groups excluding carboxylic acids is 2. The quantitative estimate of drug-likeness (QED) is 0.947. The minimum Gasteiger partial charge on any atom is -0.469 e. The van der Waals surface area contributed by atoms with Crippen LogP contribution in [0.3, 0.4) is 0 Å². The van der Waals surface area contributed by atoms with Gasteiger partial charge in [-0.25, -0.2) is 0 Å². The maximum absolute atomic E-state index is 12.6. The third-order valence-corrected chi connectivity index (χ3v) is 3.85. The van der Waals surface area contributed by atoms with Crippen molar-refractivity contribution < 1.29 is 14.0 Å². The van der Waals surface area contributed by atoms with E-state index >= 15 is 0 Å². The highest BCUT2D eigenvalue weighted by Gasteiger charge is 2.29. The van der Waals surface area contributed by atoms with Crippen LogP contribution in [0, 0.1) is 0 Å². The molecule has 0 radical (unpaired) electrons. The van der Waals surface area contributed by atoms with Crippen molar-refractivity contribution in [2.24, 2.45) is 0 Å². The first-order valence-corrected chi connectivity index (χ1v) is 7.34. The average molecular weight is 298 g/mol. The number of hydrogen-bond acceptors (Lipinski definition) is 3. The van der Waals surface area contributed by atoms with Crippen molar-refractivity contribution in [2.75, 3.05) is 18.4 Å². The van der Waals surface area contributed by atoms with Crippen LogP contribution in [0.1, 0.15) is 35.4 Å². The van der Waals surface area contributed by atoms with Gasteiger partial charge in [0, 0.05) is 37.2 Å². The van der Waals surface area contributed by atoms with E-state index in [-0.39, 0.29) is 17.7 Å². The number of amides is 2. The summed E-state index contributed by atoms with van der Waals surface area (Å²) in [5, 5.41) is 2.70. The Bertz CT molecular complexity index is 679. The number of anilines is 1. The van der Waals surface area contributed by atoms with E-state index in [4.69, 9.17) is 4.42 Å². The molecule has 1 atom stereocenters. The molecule has 1 aliphatic heterocycles. The smallest absolute Gasteiger partial charge is 0.253 e. The van der Waals surface area contributed by atoms with Crippen molar-refractivity contribution >= 4 is 17.5 Å². The minimum atomic E-state index is -0.149. The van der Waals surface area contributed by atoms with Crippen LogP contribution in [0.25, 0.3) is 0 Å². The molecule has 0 aliphatic carbocycles. The zero-order valence-electron chi connectivity index (χ0n) is 12.4. The Kier molecular flexibility index (Phi) is 3.96. The fraction of sp³-hybridized carbons (Fsp3) is 0.294. The van der Waals surface area contributed by atoms with Crippen molar-refractivity contribution in [3.05, 3.63) is 54.0 Å². The lowest BCUT2D eigenvalue weighted by atomic mass is 10.1. The number of hydrogen-bond donors (Lipinski definition) is 1. The van der Waals surface area contributed by atoms with Crippen molar-refractivity contribution in [1.82, 2.24) is 4.90 Å². The van der Waals surface area contributed by atoms with Crippen LogP contribution in [0.2, 0.25) is 0 Å². The molecular weight excluding hydrogens is 280 g/mol. The van der Waals surface area contributed by atoms with E-state index in [1.165, 1.54) is 6.92 Å². The molecule has 114 valence electrons. The average Bonchev–Trinajstić information content (AvgIpc) is 3.17. The number of carbonyl (C=O) groups is 2. The highest BCUT2D eigenvalue weighted by Crippen LogP contribution is 2.28. The Morgan fingerprint density at radius 3 is 2.86 bits per heavy atom. The Morgan fingerprint density at radius 1 is 1.27 bits per heavy atom. The molecule has 0 saturated carbocycles. The predicted molar refractivity (Wildman–Crippen MR) is 82.7 cm³/mol. The fourth-order valence-corrected chi connectivity index (χ4v) is 2.82. The molecule has 1 fully saturated rings. The second-order valence-corrected chi connectivity index (χ2v) is 5.51. The van der Waals surface area contributed by atoms with Crippen LogP contribution in [0.15, 0.2) is 47.1 Å². The SMILES string of the molecule is CC(=O)Nc1cccc(C(=O)N2CCC(c3ccco3)C2)c1. The highest BCUT2D eigenvalue weighted by atomic mass is 16.3. The molecule has 1 aliphatic rings. The molecule has 2 amide bonds. The second-order valence-electron chi connectivity index (χ2n) is 5.51. The molecule has 1 aromatic heterocycles. The summed E-state index contributed by atoms with van der Waals surface area (Å²) in [6.07, 6.45) is 2.57. The summed E-state index contributed by atoms with van der Waals surface area (Å²) >= 11 is 0. The summed E-state index contributed by atoms with van der Waals surface area (Å²) in [7, 11) is 0. The van der Waals surface area contributed by atoms with E-state index in [9.17, 15) is 9.59 Å². The van der Waals surface area contributed by atoms with Crippen molar-refractivity contribution in [3.63, 3.8) is 0 Å². The zero-order chi connectivity index (χ0) is 15.5. The topological polar surface area (TPSA) is 62.6 Å². The molecule has 1 aromatic carbocycles. The molecule has 5 heteroatoms. The van der Waals surface area contributed by atoms with Gasteiger partial charge in [0.05, 0.1) is 6.26 Å². The summed E-state index contributed by atoms with van der Waals surface area (Å²) in [6, 6.07) is 10.9. The van der Waals surface area contributed by atoms with Crippen molar-refractivity contribution in [3.8, 4) is 0 Å². The number of furan rings is 1. The van der Waals surface area contributed by atoms with E-state index in [0.717, 1.165) is 12.2 Å². The molecular formula is C17H18N2O3. The van der Waals surface area contributed by atoms with Gasteiger partial charge < -0.3 is 14.6 Å². The number of benzene rings is 1. The summed E-state index contributed by atoms with van der Waals surface area (Å²) in [4.78, 5) is 25.5. The Labute approximate surface area is 128 Å². The van der Waals surface area contributed by atoms with E-state index in [2.05, 4.69) is 5.32 Å². The van der Waals surface area contributed by atoms with Gasteiger partial charge in [-0.1, -0.05) is 6.07 Å². The van der Waals surface area contributed by atoms with Gasteiger partial charge in [0.15, 0.2) is 0 Å².